The second-order valence-electron chi connectivity index (χ2n) is 6.21. The topological polar surface area (TPSA) is 148 Å². The zero-order valence-electron chi connectivity index (χ0n) is 14.3. The van der Waals surface area contributed by atoms with E-state index < -0.39 is 55.1 Å². The van der Waals surface area contributed by atoms with E-state index in [0.717, 1.165) is 5.56 Å². The lowest BCUT2D eigenvalue weighted by molar-refractivity contribution is -0.254. The lowest BCUT2D eigenvalue weighted by atomic mass is 9.96. The molecule has 9 heteroatoms. The Morgan fingerprint density at radius 2 is 1.81 bits per heavy atom. The summed E-state index contributed by atoms with van der Waals surface area (Å²) in [6, 6.07) is 6.75. The third-order valence-corrected chi connectivity index (χ3v) is 4.19. The van der Waals surface area contributed by atoms with Gasteiger partial charge in [0.15, 0.2) is 6.29 Å². The molecule has 144 valence electrons. The van der Waals surface area contributed by atoms with Crippen LogP contribution in [0.3, 0.4) is 0 Å². The first-order chi connectivity index (χ1) is 12.3. The molecule has 0 aromatic heterocycles. The molecular weight excluding hydrogens is 344 g/mol. The monoisotopic (exact) mass is 368 g/mol. The Balaban J connectivity index is 2.09. The fraction of sp³-hybridized carbons (Fsp3) is 0.529. The van der Waals surface area contributed by atoms with Crippen LogP contribution in [-0.4, -0.2) is 75.5 Å². The highest BCUT2D eigenvalue weighted by Gasteiger charge is 2.44. The molecule has 0 radical (unpaired) electrons. The summed E-state index contributed by atoms with van der Waals surface area (Å²) >= 11 is 0. The number of nitrogens with one attached hydrogen (secondary N) is 2. The second kappa shape index (κ2) is 9.06. The zero-order valence-corrected chi connectivity index (χ0v) is 14.3. The smallest absolute Gasteiger partial charge is 0.243 e. The van der Waals surface area contributed by atoms with E-state index in [1.807, 2.05) is 6.07 Å². The minimum absolute atomic E-state index is 0.202. The van der Waals surface area contributed by atoms with Crippen molar-refractivity contribution in [3.63, 3.8) is 0 Å². The maximum atomic E-state index is 12.6. The Morgan fingerprint density at radius 1 is 1.15 bits per heavy atom. The van der Waals surface area contributed by atoms with Crippen LogP contribution in [0.15, 0.2) is 30.3 Å². The highest BCUT2D eigenvalue weighted by atomic mass is 16.6. The molecule has 5 unspecified atom stereocenters. The first-order valence-electron chi connectivity index (χ1n) is 8.25. The lowest BCUT2D eigenvalue weighted by Crippen LogP contribution is -2.65. The van der Waals surface area contributed by atoms with E-state index in [1.165, 1.54) is 6.92 Å². The predicted octanol–water partition coefficient (Wildman–Crippen LogP) is -2.35. The van der Waals surface area contributed by atoms with Crippen LogP contribution < -0.4 is 10.6 Å². The SMILES string of the molecule is CC(=O)N[C@H](Cc1ccccc1)C(=O)NC1C(O)OC(CO)C(O)C1O. The molecule has 1 saturated heterocycles. The molecule has 1 fully saturated rings. The zero-order chi connectivity index (χ0) is 19.3. The molecule has 6 N–H and O–H groups in total. The van der Waals surface area contributed by atoms with Crippen LogP contribution >= 0.6 is 0 Å². The standard InChI is InChI=1S/C17H24N2O7/c1-9(21)18-11(7-10-5-3-2-4-6-10)16(24)19-13-15(23)14(22)12(8-20)26-17(13)25/h2-6,11-15,17,20,22-23,25H,7-8H2,1H3,(H,18,21)(H,19,24)/t11-,12?,13?,14?,15?,17?/m1/s1. The molecule has 0 aliphatic carbocycles. The van der Waals surface area contributed by atoms with Gasteiger partial charge in [0, 0.05) is 13.3 Å². The van der Waals surface area contributed by atoms with Crippen molar-refractivity contribution >= 4 is 11.8 Å². The summed E-state index contributed by atoms with van der Waals surface area (Å²) in [6.45, 7) is 0.673. The van der Waals surface area contributed by atoms with Gasteiger partial charge >= 0.3 is 0 Å². The molecule has 1 heterocycles. The molecule has 6 atom stereocenters. The fourth-order valence-corrected chi connectivity index (χ4v) is 2.82. The number of carbonyl (C=O) groups excluding carboxylic acids is 2. The normalized spacial score (nSPS) is 29.7. The molecule has 26 heavy (non-hydrogen) atoms. The quantitative estimate of drug-likeness (QED) is 0.329. The largest absolute Gasteiger partial charge is 0.394 e. The summed E-state index contributed by atoms with van der Waals surface area (Å²) in [7, 11) is 0. The van der Waals surface area contributed by atoms with Crippen molar-refractivity contribution in [2.75, 3.05) is 6.61 Å². The Labute approximate surface area is 150 Å². The van der Waals surface area contributed by atoms with Crippen molar-refractivity contribution in [2.24, 2.45) is 0 Å². The highest BCUT2D eigenvalue weighted by Crippen LogP contribution is 2.20. The first kappa shape index (κ1) is 20.3. The molecule has 1 aliphatic heterocycles. The average Bonchev–Trinajstić information content (AvgIpc) is 2.61. The van der Waals surface area contributed by atoms with Crippen molar-refractivity contribution in [1.82, 2.24) is 10.6 Å². The van der Waals surface area contributed by atoms with Gasteiger partial charge in [-0.25, -0.2) is 0 Å². The number of carbonyl (C=O) groups is 2. The number of ether oxygens (including phenoxy) is 1. The Hall–Kier alpha value is -2.04. The van der Waals surface area contributed by atoms with E-state index >= 15 is 0 Å². The first-order valence-corrected chi connectivity index (χ1v) is 8.25. The number of rotatable bonds is 6. The molecule has 1 aromatic rings. The van der Waals surface area contributed by atoms with Crippen LogP contribution in [0.5, 0.6) is 0 Å². The maximum Gasteiger partial charge on any atom is 0.243 e. The molecule has 0 spiro atoms. The number of hydrogen-bond acceptors (Lipinski definition) is 7. The molecule has 1 aromatic carbocycles. The van der Waals surface area contributed by atoms with Gasteiger partial charge in [0.2, 0.25) is 11.8 Å². The van der Waals surface area contributed by atoms with Crippen molar-refractivity contribution < 1.29 is 34.8 Å². The van der Waals surface area contributed by atoms with Crippen LogP contribution in [0.25, 0.3) is 0 Å². The van der Waals surface area contributed by atoms with Gasteiger partial charge in [-0.3, -0.25) is 9.59 Å². The van der Waals surface area contributed by atoms with Gasteiger partial charge in [0.05, 0.1) is 6.61 Å². The molecular formula is C17H24N2O7. The predicted molar refractivity (Wildman–Crippen MR) is 89.7 cm³/mol. The number of amides is 2. The number of hydrogen-bond donors (Lipinski definition) is 6. The van der Waals surface area contributed by atoms with E-state index in [9.17, 15) is 24.9 Å². The van der Waals surface area contributed by atoms with Crippen molar-refractivity contribution in [2.45, 2.75) is 50.0 Å². The van der Waals surface area contributed by atoms with Crippen LogP contribution in [0, 0.1) is 0 Å². The van der Waals surface area contributed by atoms with E-state index in [-0.39, 0.29) is 6.42 Å². The summed E-state index contributed by atoms with van der Waals surface area (Å²) in [4.78, 5) is 24.0. The fourth-order valence-electron chi connectivity index (χ4n) is 2.82. The molecule has 2 amide bonds. The van der Waals surface area contributed by atoms with E-state index in [0.29, 0.717) is 0 Å². The van der Waals surface area contributed by atoms with Gasteiger partial charge < -0.3 is 35.8 Å². The lowest BCUT2D eigenvalue weighted by Gasteiger charge is -2.40. The van der Waals surface area contributed by atoms with Crippen molar-refractivity contribution in [3.8, 4) is 0 Å². The summed E-state index contributed by atoms with van der Waals surface area (Å²) in [6.07, 6.45) is -5.61. The van der Waals surface area contributed by atoms with Gasteiger partial charge in [-0.2, -0.15) is 0 Å². The van der Waals surface area contributed by atoms with Gasteiger partial charge in [-0.05, 0) is 5.56 Å². The number of aliphatic hydroxyl groups excluding tert-OH is 4. The number of benzene rings is 1. The maximum absolute atomic E-state index is 12.6. The summed E-state index contributed by atoms with van der Waals surface area (Å²) < 4.78 is 5.00. The second-order valence-corrected chi connectivity index (χ2v) is 6.21. The molecule has 2 rings (SSSR count). The van der Waals surface area contributed by atoms with Gasteiger partial charge in [0.1, 0.15) is 30.4 Å². The highest BCUT2D eigenvalue weighted by molar-refractivity contribution is 5.87. The summed E-state index contributed by atoms with van der Waals surface area (Å²) in [5, 5.41) is 43.9. The van der Waals surface area contributed by atoms with Crippen LogP contribution in [0.1, 0.15) is 12.5 Å². The van der Waals surface area contributed by atoms with Gasteiger partial charge in [-0.15, -0.1) is 0 Å². The minimum Gasteiger partial charge on any atom is -0.394 e. The Kier molecular flexibility index (Phi) is 7.06. The van der Waals surface area contributed by atoms with E-state index in [1.54, 1.807) is 24.3 Å². The molecule has 1 aliphatic rings. The summed E-state index contributed by atoms with van der Waals surface area (Å²) in [5.74, 6) is -1.06. The third-order valence-electron chi connectivity index (χ3n) is 4.19. The summed E-state index contributed by atoms with van der Waals surface area (Å²) in [5.41, 5.74) is 0.808. The van der Waals surface area contributed by atoms with E-state index in [4.69, 9.17) is 9.84 Å². The van der Waals surface area contributed by atoms with Crippen LogP contribution in [0.2, 0.25) is 0 Å². The van der Waals surface area contributed by atoms with Crippen molar-refractivity contribution in [1.29, 1.82) is 0 Å². The minimum atomic E-state index is -1.62. The van der Waals surface area contributed by atoms with Gasteiger partial charge in [0.25, 0.3) is 0 Å². The van der Waals surface area contributed by atoms with Gasteiger partial charge in [-0.1, -0.05) is 30.3 Å². The molecule has 9 nitrogen and oxygen atoms in total. The Bertz CT molecular complexity index is 612. The van der Waals surface area contributed by atoms with Crippen LogP contribution in [-0.2, 0) is 20.7 Å². The van der Waals surface area contributed by atoms with Crippen molar-refractivity contribution in [3.05, 3.63) is 35.9 Å². The molecule has 0 saturated carbocycles. The average molecular weight is 368 g/mol. The van der Waals surface area contributed by atoms with Crippen LogP contribution in [0.4, 0.5) is 0 Å². The molecule has 0 bridgehead atoms. The Morgan fingerprint density at radius 3 is 2.38 bits per heavy atom. The number of aliphatic hydroxyl groups is 4. The third kappa shape index (κ3) is 4.99. The van der Waals surface area contributed by atoms with E-state index in [2.05, 4.69) is 10.6 Å².